The van der Waals surface area contributed by atoms with Crippen molar-refractivity contribution in [3.05, 3.63) is 11.6 Å². The van der Waals surface area contributed by atoms with Crippen molar-refractivity contribution in [3.63, 3.8) is 0 Å². The van der Waals surface area contributed by atoms with Crippen LogP contribution in [-0.2, 0) is 9.59 Å². The largest absolute Gasteiger partial charge is 0.385 e. The van der Waals surface area contributed by atoms with Gasteiger partial charge in [-0.25, -0.2) is 0 Å². The van der Waals surface area contributed by atoms with E-state index in [1.54, 1.807) is 6.08 Å². The van der Waals surface area contributed by atoms with E-state index in [1.807, 2.05) is 0 Å². The fourth-order valence-corrected chi connectivity index (χ4v) is 6.33. The molecule has 0 aromatic rings. The van der Waals surface area contributed by atoms with E-state index < -0.39 is 5.60 Å². The van der Waals surface area contributed by atoms with E-state index >= 15 is 0 Å². The van der Waals surface area contributed by atoms with Crippen LogP contribution in [0.4, 0.5) is 0 Å². The normalized spacial score (nSPS) is 51.0. The Balaban J connectivity index is 1.75. The second kappa shape index (κ2) is 4.53. The Morgan fingerprint density at radius 2 is 1.91 bits per heavy atom. The Morgan fingerprint density at radius 1 is 1.14 bits per heavy atom. The first-order chi connectivity index (χ1) is 10.4. The molecule has 4 aliphatic carbocycles. The molecule has 4 aliphatic rings. The molecule has 0 saturated heterocycles. The van der Waals surface area contributed by atoms with Gasteiger partial charge in [0.15, 0.2) is 5.78 Å². The summed E-state index contributed by atoms with van der Waals surface area (Å²) in [4.78, 5) is 24.2. The molecule has 3 fully saturated rings. The van der Waals surface area contributed by atoms with Crippen LogP contribution < -0.4 is 0 Å². The average Bonchev–Trinajstić information content (AvgIpc) is 2.77. The maximum atomic E-state index is 12.4. The molecule has 3 saturated carbocycles. The zero-order chi connectivity index (χ0) is 15.7. The lowest BCUT2D eigenvalue weighted by molar-refractivity contribution is -0.144. The van der Waals surface area contributed by atoms with E-state index in [-0.39, 0.29) is 17.1 Å². The monoisotopic (exact) mass is 302 g/mol. The standard InChI is InChI=1S/C19H26O3/c1-11-9-12-10-13(20)5-8-19(12,22)15-6-7-18(2)14(17(11)15)3-4-16(18)21/h10-11,14-15,17,22H,3-9H2,1-2H3/t11?,14-,15-,17-,18-,19?/m0/s1. The predicted octanol–water partition coefficient (Wildman–Crippen LogP) is 3.06. The Labute approximate surface area is 132 Å². The van der Waals surface area contributed by atoms with Crippen molar-refractivity contribution in [2.45, 2.75) is 64.4 Å². The van der Waals surface area contributed by atoms with E-state index in [4.69, 9.17) is 0 Å². The molecular formula is C19H26O3. The SMILES string of the molecule is CC1CC2=CC(=O)CCC2(O)[C@H]2CC[C@]3(C)C(=O)CC[C@H]3[C@H]12. The number of ketones is 2. The Hall–Kier alpha value is -0.960. The van der Waals surface area contributed by atoms with Crippen LogP contribution in [0.25, 0.3) is 0 Å². The first-order valence-corrected chi connectivity index (χ1v) is 8.86. The minimum atomic E-state index is -0.780. The lowest BCUT2D eigenvalue weighted by Crippen LogP contribution is -2.57. The molecule has 0 amide bonds. The summed E-state index contributed by atoms with van der Waals surface area (Å²) in [6, 6.07) is 0. The number of hydrogen-bond acceptors (Lipinski definition) is 3. The van der Waals surface area contributed by atoms with Crippen LogP contribution in [0.15, 0.2) is 11.6 Å². The van der Waals surface area contributed by atoms with E-state index in [9.17, 15) is 14.7 Å². The number of rotatable bonds is 0. The smallest absolute Gasteiger partial charge is 0.155 e. The number of aliphatic hydroxyl groups is 1. The highest BCUT2D eigenvalue weighted by Crippen LogP contribution is 2.63. The summed E-state index contributed by atoms with van der Waals surface area (Å²) in [7, 11) is 0. The van der Waals surface area contributed by atoms with E-state index in [0.29, 0.717) is 36.4 Å². The van der Waals surface area contributed by atoms with Crippen LogP contribution in [0.1, 0.15) is 58.8 Å². The second-order valence-corrected chi connectivity index (χ2v) is 8.45. The maximum Gasteiger partial charge on any atom is 0.155 e. The van der Waals surface area contributed by atoms with Gasteiger partial charge in [0, 0.05) is 18.3 Å². The van der Waals surface area contributed by atoms with Crippen LogP contribution in [0.5, 0.6) is 0 Å². The van der Waals surface area contributed by atoms with E-state index in [0.717, 1.165) is 37.7 Å². The van der Waals surface area contributed by atoms with Crippen LogP contribution in [0, 0.1) is 29.1 Å². The Kier molecular flexibility index (Phi) is 3.01. The van der Waals surface area contributed by atoms with Gasteiger partial charge in [-0.2, -0.15) is 0 Å². The summed E-state index contributed by atoms with van der Waals surface area (Å²) >= 11 is 0. The highest BCUT2D eigenvalue weighted by atomic mass is 16.3. The second-order valence-electron chi connectivity index (χ2n) is 8.45. The predicted molar refractivity (Wildman–Crippen MR) is 83.1 cm³/mol. The van der Waals surface area contributed by atoms with Gasteiger partial charge < -0.3 is 5.11 Å². The lowest BCUT2D eigenvalue weighted by atomic mass is 9.48. The zero-order valence-electron chi connectivity index (χ0n) is 13.6. The summed E-state index contributed by atoms with van der Waals surface area (Å²) in [5.74, 6) is 2.16. The van der Waals surface area contributed by atoms with Gasteiger partial charge in [0.05, 0.1) is 5.60 Å². The van der Waals surface area contributed by atoms with Gasteiger partial charge in [-0.3, -0.25) is 9.59 Å². The molecule has 3 nitrogen and oxygen atoms in total. The molecule has 4 rings (SSSR count). The highest BCUT2D eigenvalue weighted by molar-refractivity contribution is 5.92. The number of hydrogen-bond donors (Lipinski definition) is 1. The third kappa shape index (κ3) is 1.72. The minimum absolute atomic E-state index is 0.155. The number of carbonyl (C=O) groups is 2. The highest BCUT2D eigenvalue weighted by Gasteiger charge is 2.61. The van der Waals surface area contributed by atoms with Crippen LogP contribution in [0.3, 0.4) is 0 Å². The molecule has 0 radical (unpaired) electrons. The fraction of sp³-hybridized carbons (Fsp3) is 0.789. The molecule has 0 spiro atoms. The first kappa shape index (κ1) is 14.6. The Bertz CT molecular complexity index is 577. The minimum Gasteiger partial charge on any atom is -0.385 e. The lowest BCUT2D eigenvalue weighted by Gasteiger charge is -2.57. The summed E-state index contributed by atoms with van der Waals surface area (Å²) in [5, 5.41) is 11.4. The van der Waals surface area contributed by atoms with Gasteiger partial charge in [0.2, 0.25) is 0 Å². The van der Waals surface area contributed by atoms with Crippen molar-refractivity contribution in [2.75, 3.05) is 0 Å². The Morgan fingerprint density at radius 3 is 2.68 bits per heavy atom. The van der Waals surface area contributed by atoms with Crippen molar-refractivity contribution < 1.29 is 14.7 Å². The van der Waals surface area contributed by atoms with Gasteiger partial charge >= 0.3 is 0 Å². The number of Topliss-reactive ketones (excluding diaryl/α,β-unsaturated/α-hetero) is 1. The van der Waals surface area contributed by atoms with Crippen molar-refractivity contribution in [3.8, 4) is 0 Å². The van der Waals surface area contributed by atoms with Gasteiger partial charge in [-0.05, 0) is 67.4 Å². The van der Waals surface area contributed by atoms with Crippen LogP contribution in [-0.4, -0.2) is 22.3 Å². The summed E-state index contributed by atoms with van der Waals surface area (Å²) in [5.41, 5.74) is 0.0423. The van der Waals surface area contributed by atoms with Crippen molar-refractivity contribution in [1.82, 2.24) is 0 Å². The van der Waals surface area contributed by atoms with E-state index in [2.05, 4.69) is 13.8 Å². The van der Waals surface area contributed by atoms with Crippen molar-refractivity contribution in [1.29, 1.82) is 0 Å². The molecule has 0 aromatic heterocycles. The summed E-state index contributed by atoms with van der Waals surface area (Å²) in [6.45, 7) is 4.42. The van der Waals surface area contributed by atoms with Crippen LogP contribution in [0.2, 0.25) is 0 Å². The molecule has 6 atom stereocenters. The fourth-order valence-electron chi connectivity index (χ4n) is 6.33. The topological polar surface area (TPSA) is 54.4 Å². The quantitative estimate of drug-likeness (QED) is 0.748. The molecule has 0 aromatic carbocycles. The number of carbonyl (C=O) groups excluding carboxylic acids is 2. The molecule has 0 bridgehead atoms. The summed E-state index contributed by atoms with van der Waals surface area (Å²) in [6.07, 6.45) is 7.16. The maximum absolute atomic E-state index is 12.4. The van der Waals surface area contributed by atoms with Crippen LogP contribution >= 0.6 is 0 Å². The number of fused-ring (bicyclic) bond motifs is 5. The molecular weight excluding hydrogens is 276 g/mol. The van der Waals surface area contributed by atoms with Gasteiger partial charge in [-0.1, -0.05) is 13.8 Å². The van der Waals surface area contributed by atoms with Crippen molar-refractivity contribution >= 4 is 11.6 Å². The molecule has 1 N–H and O–H groups in total. The van der Waals surface area contributed by atoms with Gasteiger partial charge in [-0.15, -0.1) is 0 Å². The van der Waals surface area contributed by atoms with Gasteiger partial charge in [0.1, 0.15) is 5.78 Å². The summed E-state index contributed by atoms with van der Waals surface area (Å²) < 4.78 is 0. The first-order valence-electron chi connectivity index (χ1n) is 8.86. The molecule has 22 heavy (non-hydrogen) atoms. The molecule has 0 aliphatic heterocycles. The average molecular weight is 302 g/mol. The molecule has 2 unspecified atom stereocenters. The van der Waals surface area contributed by atoms with E-state index in [1.165, 1.54) is 0 Å². The molecule has 0 heterocycles. The zero-order valence-corrected chi connectivity index (χ0v) is 13.6. The van der Waals surface area contributed by atoms with Gasteiger partial charge in [0.25, 0.3) is 0 Å². The third-order valence-corrected chi connectivity index (χ3v) is 7.50. The molecule has 3 heteroatoms. The van der Waals surface area contributed by atoms with Crippen molar-refractivity contribution in [2.24, 2.45) is 29.1 Å². The third-order valence-electron chi connectivity index (χ3n) is 7.50. The molecule has 120 valence electrons.